The molecule has 0 atom stereocenters. The van der Waals surface area contributed by atoms with Gasteiger partial charge in [-0.25, -0.2) is 0 Å². The Morgan fingerprint density at radius 3 is 2.50 bits per heavy atom. The van der Waals surface area contributed by atoms with Crippen LogP contribution in [0, 0.1) is 0 Å². The average Bonchev–Trinajstić information content (AvgIpc) is 3.31. The number of benzene rings is 3. The lowest BCUT2D eigenvalue weighted by atomic mass is 10.1. The summed E-state index contributed by atoms with van der Waals surface area (Å²) in [7, 11) is 0. The van der Waals surface area contributed by atoms with Crippen LogP contribution in [0.5, 0.6) is 0 Å². The number of thiophene rings is 1. The Labute approximate surface area is 166 Å². The Balaban J connectivity index is 1.50. The summed E-state index contributed by atoms with van der Waals surface area (Å²) in [6.45, 7) is 0.668. The van der Waals surface area contributed by atoms with Crippen LogP contribution < -0.4 is 5.32 Å². The third kappa shape index (κ3) is 3.08. The van der Waals surface area contributed by atoms with Crippen molar-refractivity contribution in [2.45, 2.75) is 6.54 Å². The summed E-state index contributed by atoms with van der Waals surface area (Å²) >= 11 is 1.66. The lowest BCUT2D eigenvalue weighted by Gasteiger charge is -2.11. The molecule has 1 amide bonds. The molecule has 4 heteroatoms. The summed E-state index contributed by atoms with van der Waals surface area (Å²) in [5, 5.41) is 7.41. The fourth-order valence-corrected chi connectivity index (χ4v) is 4.39. The lowest BCUT2D eigenvalue weighted by Crippen LogP contribution is -2.17. The van der Waals surface area contributed by atoms with E-state index in [2.05, 4.69) is 45.6 Å². The van der Waals surface area contributed by atoms with Crippen LogP contribution in [0.2, 0.25) is 0 Å². The normalized spacial score (nSPS) is 11.1. The van der Waals surface area contributed by atoms with E-state index in [4.69, 9.17) is 0 Å². The van der Waals surface area contributed by atoms with Gasteiger partial charge in [-0.3, -0.25) is 4.79 Å². The molecule has 3 aromatic carbocycles. The molecular weight excluding hydrogens is 364 g/mol. The molecule has 0 fully saturated rings. The van der Waals surface area contributed by atoms with E-state index in [9.17, 15) is 4.79 Å². The Morgan fingerprint density at radius 1 is 0.857 bits per heavy atom. The molecule has 2 heterocycles. The molecule has 0 saturated carbocycles. The summed E-state index contributed by atoms with van der Waals surface area (Å²) in [6.07, 6.45) is 0. The van der Waals surface area contributed by atoms with Crippen LogP contribution in [0.25, 0.3) is 21.0 Å². The zero-order valence-corrected chi connectivity index (χ0v) is 15.9. The van der Waals surface area contributed by atoms with E-state index in [0.717, 1.165) is 26.7 Å². The second kappa shape index (κ2) is 6.98. The van der Waals surface area contributed by atoms with Crippen LogP contribution in [-0.2, 0) is 6.54 Å². The van der Waals surface area contributed by atoms with E-state index >= 15 is 0 Å². The fourth-order valence-electron chi connectivity index (χ4n) is 3.56. The molecule has 0 saturated heterocycles. The molecule has 0 aliphatic rings. The molecule has 28 heavy (non-hydrogen) atoms. The van der Waals surface area contributed by atoms with Crippen molar-refractivity contribution >= 4 is 43.9 Å². The minimum atomic E-state index is -0.0883. The third-order valence-corrected chi connectivity index (χ3v) is 5.80. The van der Waals surface area contributed by atoms with Crippen LogP contribution in [-0.4, -0.2) is 10.5 Å². The highest BCUT2D eigenvalue weighted by Crippen LogP contribution is 2.27. The third-order valence-electron chi connectivity index (χ3n) is 4.95. The van der Waals surface area contributed by atoms with Crippen LogP contribution in [0.15, 0.2) is 90.3 Å². The summed E-state index contributed by atoms with van der Waals surface area (Å²) in [4.78, 5) is 13.1. The number of carbonyl (C=O) groups is 1. The van der Waals surface area contributed by atoms with Crippen molar-refractivity contribution in [1.82, 2.24) is 4.57 Å². The molecule has 3 nitrogen and oxygen atoms in total. The van der Waals surface area contributed by atoms with Gasteiger partial charge in [0.25, 0.3) is 5.91 Å². The highest BCUT2D eigenvalue weighted by atomic mass is 32.1. The number of carbonyl (C=O) groups excluding carboxylic acids is 1. The standard InChI is InChI=1S/C24H18N2OS/c27-24(25-20-11-10-18-8-4-5-9-19(18)14-20)22-15-23-21(12-13-28-23)26(22)16-17-6-2-1-3-7-17/h1-15H,16H2,(H,25,27). The number of aromatic nitrogens is 1. The highest BCUT2D eigenvalue weighted by molar-refractivity contribution is 7.17. The molecule has 0 radical (unpaired) electrons. The van der Waals surface area contributed by atoms with Crippen molar-refractivity contribution in [3.63, 3.8) is 0 Å². The van der Waals surface area contributed by atoms with Crippen LogP contribution in [0.4, 0.5) is 5.69 Å². The first-order valence-corrected chi connectivity index (χ1v) is 10.1. The SMILES string of the molecule is O=C(Nc1ccc2ccccc2c1)c1cc2sccc2n1Cc1ccccc1. The maximum Gasteiger partial charge on any atom is 0.272 e. The van der Waals surface area contributed by atoms with Gasteiger partial charge < -0.3 is 9.88 Å². The molecule has 0 bridgehead atoms. The average molecular weight is 382 g/mol. The highest BCUT2D eigenvalue weighted by Gasteiger charge is 2.17. The Kier molecular flexibility index (Phi) is 4.18. The van der Waals surface area contributed by atoms with Gasteiger partial charge in [0, 0.05) is 12.2 Å². The summed E-state index contributed by atoms with van der Waals surface area (Å²) in [6, 6.07) is 28.4. The van der Waals surface area contributed by atoms with Crippen LogP contribution >= 0.6 is 11.3 Å². The number of fused-ring (bicyclic) bond motifs is 2. The van der Waals surface area contributed by atoms with E-state index in [1.54, 1.807) is 11.3 Å². The summed E-state index contributed by atoms with van der Waals surface area (Å²) in [5.74, 6) is -0.0883. The van der Waals surface area contributed by atoms with Crippen molar-refractivity contribution in [1.29, 1.82) is 0 Å². The molecule has 5 rings (SSSR count). The molecule has 136 valence electrons. The maximum atomic E-state index is 13.1. The van der Waals surface area contributed by atoms with E-state index in [-0.39, 0.29) is 5.91 Å². The molecule has 0 aliphatic carbocycles. The zero-order valence-electron chi connectivity index (χ0n) is 15.1. The van der Waals surface area contributed by atoms with Crippen LogP contribution in [0.3, 0.4) is 0 Å². The molecule has 2 aromatic heterocycles. The Bertz CT molecular complexity index is 1280. The molecule has 0 aliphatic heterocycles. The molecule has 0 unspecified atom stereocenters. The van der Waals surface area contributed by atoms with Crippen molar-refractivity contribution in [3.05, 3.63) is 102 Å². The first-order chi connectivity index (χ1) is 13.8. The topological polar surface area (TPSA) is 34.0 Å². The van der Waals surface area contributed by atoms with E-state index in [0.29, 0.717) is 12.2 Å². The van der Waals surface area contributed by atoms with Crippen molar-refractivity contribution < 1.29 is 4.79 Å². The monoisotopic (exact) mass is 382 g/mol. The number of amides is 1. The van der Waals surface area contributed by atoms with Gasteiger partial charge in [-0.2, -0.15) is 0 Å². The van der Waals surface area contributed by atoms with E-state index in [1.165, 1.54) is 5.56 Å². The van der Waals surface area contributed by atoms with Gasteiger partial charge in [-0.1, -0.05) is 60.7 Å². The summed E-state index contributed by atoms with van der Waals surface area (Å²) < 4.78 is 3.22. The number of nitrogens with zero attached hydrogens (tertiary/aromatic N) is 1. The molecule has 1 N–H and O–H groups in total. The van der Waals surface area contributed by atoms with Gasteiger partial charge in [0.1, 0.15) is 5.69 Å². The smallest absolute Gasteiger partial charge is 0.272 e. The minimum Gasteiger partial charge on any atom is -0.331 e. The Morgan fingerprint density at radius 2 is 1.64 bits per heavy atom. The van der Waals surface area contributed by atoms with Gasteiger partial charge in [0.15, 0.2) is 0 Å². The predicted octanol–water partition coefficient (Wildman–Crippen LogP) is 6.16. The van der Waals surface area contributed by atoms with Gasteiger partial charge in [-0.15, -0.1) is 11.3 Å². The number of nitrogens with one attached hydrogen (secondary N) is 1. The second-order valence-corrected chi connectivity index (χ2v) is 7.74. The quantitative estimate of drug-likeness (QED) is 0.397. The van der Waals surface area contributed by atoms with Crippen molar-refractivity contribution in [2.75, 3.05) is 5.32 Å². The first kappa shape index (κ1) is 16.8. The second-order valence-electron chi connectivity index (χ2n) is 6.79. The fraction of sp³-hybridized carbons (Fsp3) is 0.0417. The number of rotatable bonds is 4. The zero-order chi connectivity index (χ0) is 18.9. The van der Waals surface area contributed by atoms with Crippen molar-refractivity contribution in [3.8, 4) is 0 Å². The van der Waals surface area contributed by atoms with Crippen molar-refractivity contribution in [2.24, 2.45) is 0 Å². The number of anilines is 1. The van der Waals surface area contributed by atoms with Gasteiger partial charge >= 0.3 is 0 Å². The van der Waals surface area contributed by atoms with Crippen LogP contribution in [0.1, 0.15) is 16.1 Å². The molecule has 5 aromatic rings. The van der Waals surface area contributed by atoms with Gasteiger partial charge in [0.2, 0.25) is 0 Å². The Hall–Kier alpha value is -3.37. The first-order valence-electron chi connectivity index (χ1n) is 9.19. The molecule has 0 spiro atoms. The minimum absolute atomic E-state index is 0.0883. The van der Waals surface area contributed by atoms with Gasteiger partial charge in [-0.05, 0) is 46.0 Å². The predicted molar refractivity (Wildman–Crippen MR) is 117 cm³/mol. The van der Waals surface area contributed by atoms with E-state index < -0.39 is 0 Å². The maximum absolute atomic E-state index is 13.1. The summed E-state index contributed by atoms with van der Waals surface area (Å²) in [5.41, 5.74) is 3.75. The number of hydrogen-bond acceptors (Lipinski definition) is 2. The largest absolute Gasteiger partial charge is 0.331 e. The lowest BCUT2D eigenvalue weighted by molar-refractivity contribution is 0.101. The van der Waals surface area contributed by atoms with Gasteiger partial charge in [0.05, 0.1) is 10.2 Å². The van der Waals surface area contributed by atoms with E-state index in [1.807, 2.05) is 54.6 Å². The molecular formula is C24H18N2OS. The number of hydrogen-bond donors (Lipinski definition) is 1.